The van der Waals surface area contributed by atoms with Gasteiger partial charge in [0.2, 0.25) is 0 Å². The van der Waals surface area contributed by atoms with Gasteiger partial charge in [-0.2, -0.15) is 0 Å². The van der Waals surface area contributed by atoms with E-state index in [9.17, 15) is 9.59 Å². The van der Waals surface area contributed by atoms with Gasteiger partial charge >= 0.3 is 5.97 Å². The molecule has 27 heavy (non-hydrogen) atoms. The lowest BCUT2D eigenvalue weighted by Gasteiger charge is -2.16. The number of hydrogen-bond acceptors (Lipinski definition) is 3. The minimum atomic E-state index is -0.836. The Kier molecular flexibility index (Phi) is 6.46. The Labute approximate surface area is 168 Å². The Morgan fingerprint density at radius 2 is 1.74 bits per heavy atom. The number of carboxylic acids is 1. The number of hydrogen-bond donors (Lipinski definition) is 1. The first-order chi connectivity index (χ1) is 12.1. The first-order valence-corrected chi connectivity index (χ1v) is 8.18. The largest absolute Gasteiger partial charge is 0.481 e. The molecule has 1 aromatic heterocycles. The average molecular weight is 408 g/mol. The van der Waals surface area contributed by atoms with Gasteiger partial charge in [0, 0.05) is 24.3 Å². The maximum atomic E-state index is 12.5. The molecule has 0 bridgehead atoms. The molecule has 1 aliphatic heterocycles. The summed E-state index contributed by atoms with van der Waals surface area (Å²) in [6.07, 6.45) is 2.28. The zero-order valence-corrected chi connectivity index (χ0v) is 15.9. The smallest absolute Gasteiger partial charge is 0.308 e. The second kappa shape index (κ2) is 8.41. The number of nitrogens with zero attached hydrogens (tertiary/aromatic N) is 3. The summed E-state index contributed by atoms with van der Waals surface area (Å²) in [5.74, 6) is -1.41. The molecule has 142 valence electrons. The highest BCUT2D eigenvalue weighted by Gasteiger charge is 2.31. The number of rotatable bonds is 3. The molecule has 0 saturated carbocycles. The number of para-hydroxylation sites is 2. The van der Waals surface area contributed by atoms with Crippen molar-refractivity contribution in [3.63, 3.8) is 0 Å². The van der Waals surface area contributed by atoms with Crippen LogP contribution in [0.1, 0.15) is 16.8 Å². The molecule has 1 amide bonds. The van der Waals surface area contributed by atoms with E-state index >= 15 is 0 Å². The van der Waals surface area contributed by atoms with E-state index in [1.165, 1.54) is 0 Å². The molecule has 1 N–H and O–H groups in total. The third-order valence-electron chi connectivity index (χ3n) is 4.67. The number of amides is 1. The number of imidazole rings is 1. The van der Waals surface area contributed by atoms with Gasteiger partial charge in [0.25, 0.3) is 5.91 Å². The molecule has 1 aliphatic rings. The van der Waals surface area contributed by atoms with E-state index in [1.807, 2.05) is 41.0 Å². The number of halogens is 2. The standard InChI is InChI=1S/C19H17N3O3.2ClH/c23-18(21-10-9-14(11-21)19(24)25)13-5-7-15(8-6-13)22-12-20-16-3-1-2-4-17(16)22;;/h1-8,12,14H,9-11H2,(H,24,25);2*1H. The number of likely N-dealkylation sites (tertiary alicyclic amines) is 1. The summed E-state index contributed by atoms with van der Waals surface area (Å²) in [4.78, 5) is 29.6. The summed E-state index contributed by atoms with van der Waals surface area (Å²) in [6.45, 7) is 0.770. The summed E-state index contributed by atoms with van der Waals surface area (Å²) >= 11 is 0. The molecule has 2 aromatic carbocycles. The maximum absolute atomic E-state index is 12.5. The lowest BCUT2D eigenvalue weighted by Crippen LogP contribution is -2.29. The van der Waals surface area contributed by atoms with Gasteiger partial charge in [-0.25, -0.2) is 4.98 Å². The molecule has 0 aliphatic carbocycles. The van der Waals surface area contributed by atoms with Crippen LogP contribution in [0.4, 0.5) is 0 Å². The van der Waals surface area contributed by atoms with Crippen molar-refractivity contribution in [2.45, 2.75) is 6.42 Å². The first kappa shape index (κ1) is 20.7. The van der Waals surface area contributed by atoms with Crippen LogP contribution in [0.25, 0.3) is 16.7 Å². The van der Waals surface area contributed by atoms with Crippen LogP contribution in [0, 0.1) is 5.92 Å². The Morgan fingerprint density at radius 1 is 1.04 bits per heavy atom. The van der Waals surface area contributed by atoms with Crippen LogP contribution in [0.2, 0.25) is 0 Å². The van der Waals surface area contributed by atoms with Gasteiger partial charge in [-0.3, -0.25) is 14.2 Å². The number of aliphatic carboxylic acids is 1. The monoisotopic (exact) mass is 407 g/mol. The van der Waals surface area contributed by atoms with Crippen LogP contribution in [-0.4, -0.2) is 44.5 Å². The second-order valence-corrected chi connectivity index (χ2v) is 6.23. The molecule has 1 fully saturated rings. The molecular weight excluding hydrogens is 389 g/mol. The third kappa shape index (κ3) is 3.91. The van der Waals surface area contributed by atoms with Crippen molar-refractivity contribution in [3.05, 3.63) is 60.4 Å². The fourth-order valence-corrected chi connectivity index (χ4v) is 3.26. The minimum Gasteiger partial charge on any atom is -0.481 e. The lowest BCUT2D eigenvalue weighted by atomic mass is 10.1. The Hall–Kier alpha value is -2.57. The second-order valence-electron chi connectivity index (χ2n) is 6.23. The van der Waals surface area contributed by atoms with Crippen molar-refractivity contribution in [1.29, 1.82) is 0 Å². The fraction of sp³-hybridized carbons (Fsp3) is 0.211. The summed E-state index contributed by atoms with van der Waals surface area (Å²) in [5.41, 5.74) is 3.42. The van der Waals surface area contributed by atoms with Crippen LogP contribution in [0.5, 0.6) is 0 Å². The molecule has 1 saturated heterocycles. The highest BCUT2D eigenvalue weighted by Crippen LogP contribution is 2.21. The molecule has 0 spiro atoms. The van der Waals surface area contributed by atoms with Crippen LogP contribution < -0.4 is 0 Å². The molecule has 0 radical (unpaired) electrons. The minimum absolute atomic E-state index is 0. The van der Waals surface area contributed by atoms with Crippen LogP contribution in [0.3, 0.4) is 0 Å². The van der Waals surface area contributed by atoms with Crippen molar-refractivity contribution in [2.75, 3.05) is 13.1 Å². The van der Waals surface area contributed by atoms with Gasteiger partial charge in [-0.15, -0.1) is 24.8 Å². The lowest BCUT2D eigenvalue weighted by molar-refractivity contribution is -0.141. The molecule has 6 nitrogen and oxygen atoms in total. The van der Waals surface area contributed by atoms with Crippen molar-refractivity contribution < 1.29 is 14.7 Å². The zero-order chi connectivity index (χ0) is 17.4. The zero-order valence-electron chi connectivity index (χ0n) is 14.3. The highest BCUT2D eigenvalue weighted by molar-refractivity contribution is 5.95. The van der Waals surface area contributed by atoms with E-state index in [-0.39, 0.29) is 37.3 Å². The van der Waals surface area contributed by atoms with Crippen molar-refractivity contribution >= 4 is 47.7 Å². The number of carboxylic acid groups (broad SMARTS) is 1. The predicted molar refractivity (Wildman–Crippen MR) is 107 cm³/mol. The quantitative estimate of drug-likeness (QED) is 0.721. The topological polar surface area (TPSA) is 75.4 Å². The van der Waals surface area contributed by atoms with Crippen LogP contribution in [0.15, 0.2) is 54.9 Å². The average Bonchev–Trinajstić information content (AvgIpc) is 3.29. The Morgan fingerprint density at radius 3 is 2.41 bits per heavy atom. The van der Waals surface area contributed by atoms with Gasteiger partial charge in [0.1, 0.15) is 6.33 Å². The van der Waals surface area contributed by atoms with Crippen molar-refractivity contribution in [3.8, 4) is 5.69 Å². The normalized spacial score (nSPS) is 15.9. The molecule has 8 heteroatoms. The Balaban J connectivity index is 0.00000131. The van der Waals surface area contributed by atoms with E-state index in [0.717, 1.165) is 16.7 Å². The highest BCUT2D eigenvalue weighted by atomic mass is 35.5. The van der Waals surface area contributed by atoms with Gasteiger partial charge < -0.3 is 10.0 Å². The Bertz CT molecular complexity index is 956. The number of carbonyl (C=O) groups excluding carboxylic acids is 1. The number of aromatic nitrogens is 2. The fourth-order valence-electron chi connectivity index (χ4n) is 3.26. The molecule has 1 atom stereocenters. The summed E-state index contributed by atoms with van der Waals surface area (Å²) in [5, 5.41) is 9.07. The SMILES string of the molecule is Cl.Cl.O=C(O)C1CCN(C(=O)c2ccc(-n3cnc4ccccc43)cc2)C1. The van der Waals surface area contributed by atoms with Gasteiger partial charge in [0.15, 0.2) is 0 Å². The first-order valence-electron chi connectivity index (χ1n) is 8.18. The van der Waals surface area contributed by atoms with Crippen LogP contribution in [-0.2, 0) is 4.79 Å². The molecule has 1 unspecified atom stereocenters. The van der Waals surface area contributed by atoms with Gasteiger partial charge in [-0.1, -0.05) is 12.1 Å². The van der Waals surface area contributed by atoms with E-state index < -0.39 is 11.9 Å². The molecule has 4 rings (SSSR count). The summed E-state index contributed by atoms with van der Waals surface area (Å²) < 4.78 is 1.97. The van der Waals surface area contributed by atoms with Gasteiger partial charge in [0.05, 0.1) is 17.0 Å². The van der Waals surface area contributed by atoms with Crippen molar-refractivity contribution in [2.24, 2.45) is 5.92 Å². The molecule has 3 aromatic rings. The summed E-state index contributed by atoms with van der Waals surface area (Å²) in [7, 11) is 0. The summed E-state index contributed by atoms with van der Waals surface area (Å²) in [6, 6.07) is 15.2. The van der Waals surface area contributed by atoms with E-state index in [0.29, 0.717) is 18.5 Å². The molecule has 2 heterocycles. The van der Waals surface area contributed by atoms with E-state index in [4.69, 9.17) is 5.11 Å². The van der Waals surface area contributed by atoms with Gasteiger partial charge in [-0.05, 0) is 42.8 Å². The third-order valence-corrected chi connectivity index (χ3v) is 4.67. The van der Waals surface area contributed by atoms with E-state index in [2.05, 4.69) is 4.98 Å². The van der Waals surface area contributed by atoms with Crippen LogP contribution >= 0.6 is 24.8 Å². The number of fused-ring (bicyclic) bond motifs is 1. The predicted octanol–water partition coefficient (Wildman–Crippen LogP) is 3.42. The maximum Gasteiger partial charge on any atom is 0.308 e. The van der Waals surface area contributed by atoms with Crippen molar-refractivity contribution in [1.82, 2.24) is 14.5 Å². The number of carbonyl (C=O) groups is 2. The molecular formula is C19H19Cl2N3O3. The van der Waals surface area contributed by atoms with E-state index in [1.54, 1.807) is 23.4 Å². The number of benzene rings is 2.